The normalized spacial score (nSPS) is 12.3. The van der Waals surface area contributed by atoms with Crippen LogP contribution in [0, 0.1) is 0 Å². The monoisotopic (exact) mass is 341 g/mol. The van der Waals surface area contributed by atoms with Crippen LogP contribution in [0.1, 0.15) is 15.9 Å². The predicted molar refractivity (Wildman–Crippen MR) is 70.9 cm³/mol. The maximum Gasteiger partial charge on any atom is 0.411 e. The first-order chi connectivity index (χ1) is 10.1. The molecule has 0 amide bonds. The fourth-order valence-electron chi connectivity index (χ4n) is 1.39. The van der Waals surface area contributed by atoms with Gasteiger partial charge in [0.2, 0.25) is 10.0 Å². The number of hydrogen-bond acceptors (Lipinski definition) is 4. The average molecular weight is 341 g/mol. The maximum atomic E-state index is 11.8. The molecule has 1 aromatic rings. The summed E-state index contributed by atoms with van der Waals surface area (Å²) in [6.07, 6.45) is -4.50. The van der Waals surface area contributed by atoms with Gasteiger partial charge in [0.15, 0.2) is 0 Å². The van der Waals surface area contributed by atoms with Gasteiger partial charge >= 0.3 is 12.1 Å². The quantitative estimate of drug-likeness (QED) is 0.697. The molecule has 124 valence electrons. The molecule has 6 nitrogen and oxygen atoms in total. The number of ether oxygens (including phenoxy) is 1. The number of aromatic carboxylic acids is 1. The topological polar surface area (TPSA) is 92.7 Å². The Labute approximate surface area is 124 Å². The van der Waals surface area contributed by atoms with E-state index in [0.717, 1.165) is 0 Å². The van der Waals surface area contributed by atoms with E-state index in [1.54, 1.807) is 0 Å². The van der Waals surface area contributed by atoms with E-state index in [-0.39, 0.29) is 12.1 Å². The molecule has 0 radical (unpaired) electrons. The summed E-state index contributed by atoms with van der Waals surface area (Å²) in [6, 6.07) is 5.51. The number of hydrogen-bond donors (Lipinski definition) is 2. The second-order valence-electron chi connectivity index (χ2n) is 4.31. The van der Waals surface area contributed by atoms with Crippen molar-refractivity contribution >= 4 is 16.0 Å². The second-order valence-corrected chi connectivity index (χ2v) is 6.24. The Balaban J connectivity index is 2.40. The van der Waals surface area contributed by atoms with Gasteiger partial charge in [0, 0.05) is 6.54 Å². The molecule has 0 spiro atoms. The molecule has 10 heteroatoms. The number of alkyl halides is 3. The van der Waals surface area contributed by atoms with E-state index in [9.17, 15) is 26.4 Å². The minimum atomic E-state index is -4.50. The fraction of sp³-hybridized carbons (Fsp3) is 0.417. The van der Waals surface area contributed by atoms with Gasteiger partial charge in [-0.25, -0.2) is 17.9 Å². The summed E-state index contributed by atoms with van der Waals surface area (Å²) >= 11 is 0. The number of carboxylic acids is 1. The molecule has 0 saturated heterocycles. The zero-order valence-electron chi connectivity index (χ0n) is 11.3. The van der Waals surface area contributed by atoms with Crippen LogP contribution in [0.5, 0.6) is 0 Å². The Hall–Kier alpha value is -1.65. The molecule has 0 atom stereocenters. The van der Waals surface area contributed by atoms with E-state index in [0.29, 0.717) is 5.56 Å². The third-order valence-corrected chi connectivity index (χ3v) is 3.75. The number of nitrogens with one attached hydrogen (secondary N) is 1. The van der Waals surface area contributed by atoms with Crippen LogP contribution >= 0.6 is 0 Å². The van der Waals surface area contributed by atoms with Crippen molar-refractivity contribution in [3.05, 3.63) is 35.4 Å². The van der Waals surface area contributed by atoms with Crippen molar-refractivity contribution in [1.82, 2.24) is 4.72 Å². The van der Waals surface area contributed by atoms with E-state index >= 15 is 0 Å². The van der Waals surface area contributed by atoms with Gasteiger partial charge < -0.3 is 9.84 Å². The average Bonchev–Trinajstić information content (AvgIpc) is 2.41. The largest absolute Gasteiger partial charge is 0.478 e. The van der Waals surface area contributed by atoms with Crippen LogP contribution in [-0.4, -0.2) is 44.6 Å². The van der Waals surface area contributed by atoms with Gasteiger partial charge in [-0.05, 0) is 17.7 Å². The van der Waals surface area contributed by atoms with Crippen LogP contribution in [0.25, 0.3) is 0 Å². The molecule has 0 bridgehead atoms. The van der Waals surface area contributed by atoms with E-state index in [2.05, 4.69) is 9.46 Å². The van der Waals surface area contributed by atoms with Gasteiger partial charge in [0.25, 0.3) is 0 Å². The zero-order valence-corrected chi connectivity index (χ0v) is 12.1. The summed E-state index contributed by atoms with van der Waals surface area (Å²) < 4.78 is 64.9. The Bertz CT molecular complexity index is 598. The molecule has 0 fully saturated rings. The number of sulfonamides is 1. The molecular formula is C12H14F3NO5S. The molecular weight excluding hydrogens is 327 g/mol. The van der Waals surface area contributed by atoms with Gasteiger partial charge in [-0.15, -0.1) is 0 Å². The van der Waals surface area contributed by atoms with E-state index in [1.807, 2.05) is 0 Å². The van der Waals surface area contributed by atoms with Crippen LogP contribution in [0.2, 0.25) is 0 Å². The Morgan fingerprint density at radius 2 is 1.82 bits per heavy atom. The van der Waals surface area contributed by atoms with Crippen molar-refractivity contribution in [3.63, 3.8) is 0 Å². The lowest BCUT2D eigenvalue weighted by atomic mass is 10.1. The number of benzene rings is 1. The molecule has 1 rings (SSSR count). The smallest absolute Gasteiger partial charge is 0.411 e. The van der Waals surface area contributed by atoms with Gasteiger partial charge in [-0.1, -0.05) is 12.1 Å². The van der Waals surface area contributed by atoms with E-state index < -0.39 is 41.1 Å². The summed E-state index contributed by atoms with van der Waals surface area (Å²) in [5.41, 5.74) is 0.581. The molecule has 0 aliphatic rings. The van der Waals surface area contributed by atoms with Gasteiger partial charge in [0.05, 0.1) is 17.9 Å². The summed E-state index contributed by atoms with van der Waals surface area (Å²) in [4.78, 5) is 10.6. The first-order valence-corrected chi connectivity index (χ1v) is 7.68. The highest BCUT2D eigenvalue weighted by Gasteiger charge is 2.27. The molecule has 0 aliphatic heterocycles. The number of rotatable bonds is 8. The van der Waals surface area contributed by atoms with Crippen LogP contribution in [-0.2, 0) is 21.3 Å². The number of carboxylic acid groups (broad SMARTS) is 1. The lowest BCUT2D eigenvalue weighted by molar-refractivity contribution is -0.172. The van der Waals surface area contributed by atoms with Crippen molar-refractivity contribution in [2.24, 2.45) is 0 Å². The molecule has 0 saturated carbocycles. The van der Waals surface area contributed by atoms with Gasteiger partial charge in [-0.3, -0.25) is 0 Å². The number of halogens is 3. The fourth-order valence-corrected chi connectivity index (χ4v) is 2.26. The number of carbonyl (C=O) groups is 1. The first-order valence-electron chi connectivity index (χ1n) is 6.03. The first kappa shape index (κ1) is 18.4. The predicted octanol–water partition coefficient (Wildman–Crippen LogP) is 1.38. The molecule has 0 heterocycles. The minimum Gasteiger partial charge on any atom is -0.478 e. The second kappa shape index (κ2) is 7.56. The molecule has 0 aromatic heterocycles. The third-order valence-electron chi connectivity index (χ3n) is 2.46. The van der Waals surface area contributed by atoms with Crippen molar-refractivity contribution in [2.45, 2.75) is 12.7 Å². The van der Waals surface area contributed by atoms with Crippen molar-refractivity contribution in [3.8, 4) is 0 Å². The zero-order chi connectivity index (χ0) is 16.8. The standard InChI is InChI=1S/C12H14F3NO5S/c13-12(14,15)8-21-5-6-22(19,20)16-7-9-1-3-10(4-2-9)11(17)18/h1-4,16H,5-8H2,(H,17,18). The maximum absolute atomic E-state index is 11.8. The van der Waals surface area contributed by atoms with Gasteiger partial charge in [0.1, 0.15) is 6.61 Å². The third kappa shape index (κ3) is 7.38. The molecule has 2 N–H and O–H groups in total. The van der Waals surface area contributed by atoms with Crippen LogP contribution < -0.4 is 4.72 Å². The lowest BCUT2D eigenvalue weighted by Gasteiger charge is -2.09. The highest BCUT2D eigenvalue weighted by atomic mass is 32.2. The lowest BCUT2D eigenvalue weighted by Crippen LogP contribution is -2.29. The summed E-state index contributed by atoms with van der Waals surface area (Å²) in [5.74, 6) is -1.70. The van der Waals surface area contributed by atoms with Gasteiger partial charge in [-0.2, -0.15) is 13.2 Å². The Kier molecular flexibility index (Phi) is 6.33. The Morgan fingerprint density at radius 1 is 1.23 bits per heavy atom. The highest BCUT2D eigenvalue weighted by Crippen LogP contribution is 2.14. The van der Waals surface area contributed by atoms with E-state index in [4.69, 9.17) is 5.11 Å². The van der Waals surface area contributed by atoms with E-state index in [1.165, 1.54) is 24.3 Å². The van der Waals surface area contributed by atoms with Crippen LogP contribution in [0.4, 0.5) is 13.2 Å². The summed E-state index contributed by atoms with van der Waals surface area (Å²) in [6.45, 7) is -2.17. The van der Waals surface area contributed by atoms with Crippen molar-refractivity contribution in [1.29, 1.82) is 0 Å². The summed E-state index contributed by atoms with van der Waals surface area (Å²) in [5, 5.41) is 8.71. The highest BCUT2D eigenvalue weighted by molar-refractivity contribution is 7.89. The SMILES string of the molecule is O=C(O)c1ccc(CNS(=O)(=O)CCOCC(F)(F)F)cc1. The molecule has 1 aromatic carbocycles. The Morgan fingerprint density at radius 3 is 2.32 bits per heavy atom. The minimum absolute atomic E-state index is 0.0622. The van der Waals surface area contributed by atoms with Crippen LogP contribution in [0.3, 0.4) is 0 Å². The molecule has 0 unspecified atom stereocenters. The van der Waals surface area contributed by atoms with Crippen molar-refractivity contribution in [2.75, 3.05) is 19.0 Å². The molecule has 22 heavy (non-hydrogen) atoms. The molecule has 0 aliphatic carbocycles. The summed E-state index contributed by atoms with van der Waals surface area (Å²) in [7, 11) is -3.78. The van der Waals surface area contributed by atoms with Crippen LogP contribution in [0.15, 0.2) is 24.3 Å². The van der Waals surface area contributed by atoms with Crippen molar-refractivity contribution < 1.29 is 36.2 Å².